The summed E-state index contributed by atoms with van der Waals surface area (Å²) in [5.41, 5.74) is 1.13. The standard InChI is InChI=1S/C10H12FN/c1-12-6-9(7-12)8-3-2-4-10(11)5-8/h2-5,9H,6-7H2,1H3. The van der Waals surface area contributed by atoms with Crippen molar-refractivity contribution in [3.63, 3.8) is 0 Å². The van der Waals surface area contributed by atoms with Crippen molar-refractivity contribution < 1.29 is 4.39 Å². The molecule has 2 heteroatoms. The molecule has 2 rings (SSSR count). The molecule has 1 nitrogen and oxygen atoms in total. The van der Waals surface area contributed by atoms with Gasteiger partial charge in [-0.1, -0.05) is 12.1 Å². The van der Waals surface area contributed by atoms with Crippen molar-refractivity contribution in [2.45, 2.75) is 5.92 Å². The normalized spacial score (nSPS) is 19.2. The Kier molecular flexibility index (Phi) is 1.85. The molecule has 0 unspecified atom stereocenters. The Labute approximate surface area is 71.8 Å². The Morgan fingerprint density at radius 3 is 2.75 bits per heavy atom. The number of rotatable bonds is 1. The van der Waals surface area contributed by atoms with Gasteiger partial charge in [-0.15, -0.1) is 0 Å². The molecule has 0 N–H and O–H groups in total. The molecule has 1 aliphatic heterocycles. The molecule has 0 radical (unpaired) electrons. The second-order valence-electron chi connectivity index (χ2n) is 3.47. The van der Waals surface area contributed by atoms with Crippen molar-refractivity contribution in [3.05, 3.63) is 35.6 Å². The summed E-state index contributed by atoms with van der Waals surface area (Å²) in [6.07, 6.45) is 0. The fourth-order valence-electron chi connectivity index (χ4n) is 1.67. The number of hydrogen-bond acceptors (Lipinski definition) is 1. The maximum atomic E-state index is 12.8. The molecule has 0 amide bonds. The molecule has 1 heterocycles. The van der Waals surface area contributed by atoms with Crippen molar-refractivity contribution in [3.8, 4) is 0 Å². The van der Waals surface area contributed by atoms with Gasteiger partial charge in [0.25, 0.3) is 0 Å². The van der Waals surface area contributed by atoms with Crippen LogP contribution in [0, 0.1) is 5.82 Å². The van der Waals surface area contributed by atoms with Gasteiger partial charge in [0.05, 0.1) is 0 Å². The highest BCUT2D eigenvalue weighted by molar-refractivity contribution is 5.23. The fraction of sp³-hybridized carbons (Fsp3) is 0.400. The summed E-state index contributed by atoms with van der Waals surface area (Å²) in [4.78, 5) is 2.23. The summed E-state index contributed by atoms with van der Waals surface area (Å²) in [5, 5.41) is 0. The minimum Gasteiger partial charge on any atom is -0.305 e. The van der Waals surface area contributed by atoms with Gasteiger partial charge in [-0.05, 0) is 24.7 Å². The number of likely N-dealkylation sites (N-methyl/N-ethyl adjacent to an activating group) is 1. The van der Waals surface area contributed by atoms with E-state index in [0.29, 0.717) is 5.92 Å². The van der Waals surface area contributed by atoms with E-state index in [1.165, 1.54) is 6.07 Å². The van der Waals surface area contributed by atoms with Gasteiger partial charge in [-0.3, -0.25) is 0 Å². The molecular formula is C10H12FN. The summed E-state index contributed by atoms with van der Waals surface area (Å²) in [6, 6.07) is 6.91. The van der Waals surface area contributed by atoms with Crippen LogP contribution in [0.3, 0.4) is 0 Å². The number of nitrogens with zero attached hydrogens (tertiary/aromatic N) is 1. The number of halogens is 1. The van der Waals surface area contributed by atoms with E-state index in [4.69, 9.17) is 0 Å². The highest BCUT2D eigenvalue weighted by Gasteiger charge is 2.24. The van der Waals surface area contributed by atoms with Gasteiger partial charge in [0.1, 0.15) is 5.82 Å². The maximum Gasteiger partial charge on any atom is 0.123 e. The van der Waals surface area contributed by atoms with E-state index in [2.05, 4.69) is 11.9 Å². The largest absolute Gasteiger partial charge is 0.305 e. The maximum absolute atomic E-state index is 12.8. The summed E-state index contributed by atoms with van der Waals surface area (Å²) in [7, 11) is 2.08. The van der Waals surface area contributed by atoms with Crippen molar-refractivity contribution in [2.75, 3.05) is 20.1 Å². The molecule has 1 aromatic carbocycles. The van der Waals surface area contributed by atoms with E-state index in [-0.39, 0.29) is 5.82 Å². The van der Waals surface area contributed by atoms with Crippen molar-refractivity contribution in [2.24, 2.45) is 0 Å². The molecule has 0 spiro atoms. The smallest absolute Gasteiger partial charge is 0.123 e. The van der Waals surface area contributed by atoms with Crippen LogP contribution in [0.4, 0.5) is 4.39 Å². The predicted octanol–water partition coefficient (Wildman–Crippen LogP) is 1.85. The zero-order valence-electron chi connectivity index (χ0n) is 7.13. The minimum absolute atomic E-state index is 0.123. The zero-order chi connectivity index (χ0) is 8.55. The van der Waals surface area contributed by atoms with Gasteiger partial charge >= 0.3 is 0 Å². The Balaban J connectivity index is 2.13. The quantitative estimate of drug-likeness (QED) is 0.614. The van der Waals surface area contributed by atoms with Crippen LogP contribution in [-0.4, -0.2) is 25.0 Å². The highest BCUT2D eigenvalue weighted by atomic mass is 19.1. The molecule has 1 saturated heterocycles. The third kappa shape index (κ3) is 1.34. The summed E-state index contributed by atoms with van der Waals surface area (Å²) < 4.78 is 12.8. The van der Waals surface area contributed by atoms with Crippen LogP contribution in [0.15, 0.2) is 24.3 Å². The molecule has 1 aliphatic rings. The van der Waals surface area contributed by atoms with Gasteiger partial charge < -0.3 is 4.90 Å². The SMILES string of the molecule is CN1CC(c2cccc(F)c2)C1. The van der Waals surface area contributed by atoms with Crippen molar-refractivity contribution >= 4 is 0 Å². The lowest BCUT2D eigenvalue weighted by molar-refractivity contribution is 0.189. The first-order chi connectivity index (χ1) is 5.75. The second kappa shape index (κ2) is 2.87. The molecule has 0 saturated carbocycles. The monoisotopic (exact) mass is 165 g/mol. The molecule has 0 aliphatic carbocycles. The Hall–Kier alpha value is -0.890. The zero-order valence-corrected chi connectivity index (χ0v) is 7.13. The third-order valence-corrected chi connectivity index (χ3v) is 2.38. The van der Waals surface area contributed by atoms with Gasteiger partial charge in [0.15, 0.2) is 0 Å². The van der Waals surface area contributed by atoms with E-state index in [1.807, 2.05) is 6.07 Å². The fourth-order valence-corrected chi connectivity index (χ4v) is 1.67. The lowest BCUT2D eigenvalue weighted by Crippen LogP contribution is -2.41. The molecule has 0 atom stereocenters. The van der Waals surface area contributed by atoms with Crippen LogP contribution in [0.25, 0.3) is 0 Å². The average Bonchev–Trinajstić information content (AvgIpc) is 1.99. The molecule has 64 valence electrons. The van der Waals surface area contributed by atoms with Crippen LogP contribution >= 0.6 is 0 Å². The van der Waals surface area contributed by atoms with E-state index in [1.54, 1.807) is 12.1 Å². The van der Waals surface area contributed by atoms with Gasteiger partial charge in [0, 0.05) is 19.0 Å². The van der Waals surface area contributed by atoms with E-state index < -0.39 is 0 Å². The molecule has 0 aromatic heterocycles. The lowest BCUT2D eigenvalue weighted by atomic mass is 9.92. The Morgan fingerprint density at radius 1 is 1.42 bits per heavy atom. The van der Waals surface area contributed by atoms with Crippen LogP contribution in [0.2, 0.25) is 0 Å². The topological polar surface area (TPSA) is 3.24 Å². The van der Waals surface area contributed by atoms with E-state index >= 15 is 0 Å². The van der Waals surface area contributed by atoms with Crippen LogP contribution in [-0.2, 0) is 0 Å². The summed E-state index contributed by atoms with van der Waals surface area (Å²) in [5.74, 6) is 0.424. The van der Waals surface area contributed by atoms with Crippen LogP contribution < -0.4 is 0 Å². The number of likely N-dealkylation sites (tertiary alicyclic amines) is 1. The van der Waals surface area contributed by atoms with Gasteiger partial charge in [-0.2, -0.15) is 0 Å². The third-order valence-electron chi connectivity index (χ3n) is 2.38. The average molecular weight is 165 g/mol. The van der Waals surface area contributed by atoms with E-state index in [9.17, 15) is 4.39 Å². The predicted molar refractivity (Wildman–Crippen MR) is 46.6 cm³/mol. The number of hydrogen-bond donors (Lipinski definition) is 0. The van der Waals surface area contributed by atoms with Gasteiger partial charge in [0.2, 0.25) is 0 Å². The summed E-state index contributed by atoms with van der Waals surface area (Å²) in [6.45, 7) is 2.12. The van der Waals surface area contributed by atoms with E-state index in [0.717, 1.165) is 18.7 Å². The van der Waals surface area contributed by atoms with Crippen molar-refractivity contribution in [1.82, 2.24) is 4.90 Å². The highest BCUT2D eigenvalue weighted by Crippen LogP contribution is 2.25. The Morgan fingerprint density at radius 2 is 2.17 bits per heavy atom. The first kappa shape index (κ1) is 7.74. The van der Waals surface area contributed by atoms with Gasteiger partial charge in [-0.25, -0.2) is 4.39 Å². The first-order valence-electron chi connectivity index (χ1n) is 4.20. The van der Waals surface area contributed by atoms with Crippen molar-refractivity contribution in [1.29, 1.82) is 0 Å². The van der Waals surface area contributed by atoms with Crippen LogP contribution in [0.1, 0.15) is 11.5 Å². The molecule has 1 aromatic rings. The van der Waals surface area contributed by atoms with Crippen LogP contribution in [0.5, 0.6) is 0 Å². The second-order valence-corrected chi connectivity index (χ2v) is 3.47. The number of benzene rings is 1. The Bertz CT molecular complexity index is 279. The molecule has 1 fully saturated rings. The first-order valence-corrected chi connectivity index (χ1v) is 4.20. The lowest BCUT2D eigenvalue weighted by Gasteiger charge is -2.36. The molecular weight excluding hydrogens is 153 g/mol. The molecule has 12 heavy (non-hydrogen) atoms. The summed E-state index contributed by atoms with van der Waals surface area (Å²) >= 11 is 0. The minimum atomic E-state index is -0.123. The molecule has 0 bridgehead atoms.